The van der Waals surface area contributed by atoms with Crippen molar-refractivity contribution in [2.75, 3.05) is 20.1 Å². The van der Waals surface area contributed by atoms with E-state index < -0.39 is 5.54 Å². The smallest absolute Gasteiger partial charge is 0.242 e. The van der Waals surface area contributed by atoms with Crippen LogP contribution in [-0.2, 0) is 4.79 Å². The Hall–Kier alpha value is -1.08. The van der Waals surface area contributed by atoms with Crippen LogP contribution in [0, 0.1) is 11.3 Å². The lowest BCUT2D eigenvalue weighted by molar-refractivity contribution is -0.148. The molecule has 0 aromatic heterocycles. The van der Waals surface area contributed by atoms with Gasteiger partial charge in [-0.15, -0.1) is 0 Å². The first-order valence-corrected chi connectivity index (χ1v) is 5.37. The second-order valence-electron chi connectivity index (χ2n) is 4.53. The summed E-state index contributed by atoms with van der Waals surface area (Å²) in [5.74, 6) is 0.0995. The molecule has 0 radical (unpaired) electrons. The van der Waals surface area contributed by atoms with Gasteiger partial charge in [-0.25, -0.2) is 0 Å². The van der Waals surface area contributed by atoms with Crippen molar-refractivity contribution < 1.29 is 4.79 Å². The summed E-state index contributed by atoms with van der Waals surface area (Å²) in [5.41, 5.74) is -0.552. The van der Waals surface area contributed by atoms with Gasteiger partial charge in [-0.2, -0.15) is 5.26 Å². The van der Waals surface area contributed by atoms with Gasteiger partial charge in [0, 0.05) is 20.1 Å². The zero-order valence-corrected chi connectivity index (χ0v) is 9.95. The van der Waals surface area contributed by atoms with E-state index in [9.17, 15) is 4.79 Å². The highest BCUT2D eigenvalue weighted by Crippen LogP contribution is 2.24. The highest BCUT2D eigenvalue weighted by atomic mass is 16.2. The van der Waals surface area contributed by atoms with Crippen molar-refractivity contribution in [3.05, 3.63) is 0 Å². The molecule has 0 saturated carbocycles. The van der Waals surface area contributed by atoms with Crippen molar-refractivity contribution >= 4 is 5.91 Å². The molecule has 0 bridgehead atoms. The Labute approximate surface area is 91.5 Å². The predicted molar refractivity (Wildman–Crippen MR) is 58.1 cm³/mol. The fraction of sp³-hybridized carbons (Fsp3) is 0.818. The average molecular weight is 209 g/mol. The quantitative estimate of drug-likeness (QED) is 0.677. The van der Waals surface area contributed by atoms with Crippen molar-refractivity contribution in [2.24, 2.45) is 0 Å². The molecular weight excluding hydrogens is 190 g/mol. The fourth-order valence-corrected chi connectivity index (χ4v) is 2.16. The molecular formula is C11H19N3O. The Morgan fingerprint density at radius 2 is 2.13 bits per heavy atom. The third-order valence-electron chi connectivity index (χ3n) is 3.18. The summed E-state index contributed by atoms with van der Waals surface area (Å²) in [6.45, 7) is 7.25. The van der Waals surface area contributed by atoms with Gasteiger partial charge >= 0.3 is 0 Å². The van der Waals surface area contributed by atoms with E-state index >= 15 is 0 Å². The molecule has 0 aromatic carbocycles. The third kappa shape index (κ3) is 1.98. The van der Waals surface area contributed by atoms with E-state index in [1.807, 2.05) is 32.7 Å². The van der Waals surface area contributed by atoms with Crippen LogP contribution in [0.25, 0.3) is 0 Å². The SMILES string of the molecule is CCC(C#N)N1CCN(C)C(=O)C1(C)C. The molecule has 1 saturated heterocycles. The zero-order chi connectivity index (χ0) is 11.6. The molecule has 15 heavy (non-hydrogen) atoms. The Morgan fingerprint density at radius 3 is 2.60 bits per heavy atom. The van der Waals surface area contributed by atoms with Gasteiger partial charge in [0.05, 0.1) is 17.6 Å². The molecule has 1 fully saturated rings. The number of rotatable bonds is 2. The summed E-state index contributed by atoms with van der Waals surface area (Å²) in [6, 6.07) is 2.11. The van der Waals surface area contributed by atoms with Gasteiger partial charge in [-0.3, -0.25) is 9.69 Å². The van der Waals surface area contributed by atoms with E-state index in [2.05, 4.69) is 6.07 Å². The molecule has 0 aliphatic carbocycles. The number of carbonyl (C=O) groups is 1. The Bertz CT molecular complexity index is 293. The van der Waals surface area contributed by atoms with Crippen molar-refractivity contribution in [3.8, 4) is 6.07 Å². The van der Waals surface area contributed by atoms with E-state index in [1.165, 1.54) is 0 Å². The molecule has 1 unspecified atom stereocenters. The molecule has 1 heterocycles. The maximum absolute atomic E-state index is 12.0. The van der Waals surface area contributed by atoms with Crippen LogP contribution in [0.5, 0.6) is 0 Å². The van der Waals surface area contributed by atoms with E-state index in [-0.39, 0.29) is 11.9 Å². The molecule has 0 N–H and O–H groups in total. The predicted octanol–water partition coefficient (Wildman–Crippen LogP) is 0.841. The number of carbonyl (C=O) groups excluding carboxylic acids is 1. The van der Waals surface area contributed by atoms with Crippen LogP contribution in [0.4, 0.5) is 0 Å². The first-order chi connectivity index (χ1) is 6.95. The summed E-state index contributed by atoms with van der Waals surface area (Å²) in [4.78, 5) is 15.7. The lowest BCUT2D eigenvalue weighted by Crippen LogP contribution is -2.64. The van der Waals surface area contributed by atoms with E-state index in [4.69, 9.17) is 5.26 Å². The number of amides is 1. The van der Waals surface area contributed by atoms with Crippen molar-refractivity contribution in [1.82, 2.24) is 9.80 Å². The molecule has 1 aliphatic heterocycles. The minimum absolute atomic E-state index is 0.0995. The Morgan fingerprint density at radius 1 is 1.53 bits per heavy atom. The first-order valence-electron chi connectivity index (χ1n) is 5.37. The zero-order valence-electron chi connectivity index (χ0n) is 9.95. The summed E-state index contributed by atoms with van der Waals surface area (Å²) in [7, 11) is 1.81. The van der Waals surface area contributed by atoms with Gasteiger partial charge in [-0.05, 0) is 20.3 Å². The number of piperazine rings is 1. The van der Waals surface area contributed by atoms with Crippen LogP contribution >= 0.6 is 0 Å². The normalized spacial score (nSPS) is 23.7. The van der Waals surface area contributed by atoms with Crippen LogP contribution in [0.1, 0.15) is 27.2 Å². The third-order valence-corrected chi connectivity index (χ3v) is 3.18. The summed E-state index contributed by atoms with van der Waals surface area (Å²) in [6.07, 6.45) is 0.761. The number of nitrogens with zero attached hydrogens (tertiary/aromatic N) is 3. The number of likely N-dealkylation sites (N-methyl/N-ethyl adjacent to an activating group) is 1. The number of hydrogen-bond donors (Lipinski definition) is 0. The van der Waals surface area contributed by atoms with Crippen LogP contribution < -0.4 is 0 Å². The molecule has 1 rings (SSSR count). The van der Waals surface area contributed by atoms with Crippen molar-refractivity contribution in [3.63, 3.8) is 0 Å². The minimum Gasteiger partial charge on any atom is -0.343 e. The molecule has 4 heteroatoms. The van der Waals surface area contributed by atoms with Gasteiger partial charge < -0.3 is 4.90 Å². The largest absolute Gasteiger partial charge is 0.343 e. The van der Waals surface area contributed by atoms with Crippen LogP contribution in [0.3, 0.4) is 0 Å². The van der Waals surface area contributed by atoms with Crippen molar-refractivity contribution in [2.45, 2.75) is 38.8 Å². The van der Waals surface area contributed by atoms with Gasteiger partial charge in [0.15, 0.2) is 0 Å². The summed E-state index contributed by atoms with van der Waals surface area (Å²) >= 11 is 0. The van der Waals surface area contributed by atoms with Crippen LogP contribution in [0.15, 0.2) is 0 Å². The van der Waals surface area contributed by atoms with Gasteiger partial charge in [-0.1, -0.05) is 6.92 Å². The van der Waals surface area contributed by atoms with E-state index in [0.29, 0.717) is 6.54 Å². The second-order valence-corrected chi connectivity index (χ2v) is 4.53. The standard InChI is InChI=1S/C11H19N3O/c1-5-9(8-12)14-7-6-13(4)10(15)11(14,2)3/h9H,5-7H2,1-4H3. The molecule has 1 atom stereocenters. The van der Waals surface area contributed by atoms with Gasteiger partial charge in [0.2, 0.25) is 5.91 Å². The van der Waals surface area contributed by atoms with E-state index in [0.717, 1.165) is 13.0 Å². The molecule has 1 aliphatic rings. The maximum Gasteiger partial charge on any atom is 0.242 e. The van der Waals surface area contributed by atoms with Crippen molar-refractivity contribution in [1.29, 1.82) is 5.26 Å². The first kappa shape index (κ1) is 12.0. The van der Waals surface area contributed by atoms with Gasteiger partial charge in [0.25, 0.3) is 0 Å². The highest BCUT2D eigenvalue weighted by molar-refractivity contribution is 5.86. The summed E-state index contributed by atoms with van der Waals surface area (Å²) < 4.78 is 0. The van der Waals surface area contributed by atoms with Gasteiger partial charge in [0.1, 0.15) is 0 Å². The Kier molecular flexibility index (Phi) is 3.35. The molecule has 1 amide bonds. The van der Waals surface area contributed by atoms with E-state index in [1.54, 1.807) is 4.90 Å². The molecule has 0 aromatic rings. The monoisotopic (exact) mass is 209 g/mol. The lowest BCUT2D eigenvalue weighted by atomic mass is 9.95. The average Bonchev–Trinajstić information content (AvgIpc) is 2.20. The minimum atomic E-state index is -0.552. The highest BCUT2D eigenvalue weighted by Gasteiger charge is 2.43. The maximum atomic E-state index is 12.0. The number of hydrogen-bond acceptors (Lipinski definition) is 3. The molecule has 4 nitrogen and oxygen atoms in total. The second kappa shape index (κ2) is 4.19. The lowest BCUT2D eigenvalue weighted by Gasteiger charge is -2.46. The molecule has 84 valence electrons. The fourth-order valence-electron chi connectivity index (χ4n) is 2.16. The topological polar surface area (TPSA) is 47.3 Å². The summed E-state index contributed by atoms with van der Waals surface area (Å²) in [5, 5.41) is 9.05. The Balaban J connectivity index is 2.92. The molecule has 0 spiro atoms. The van der Waals surface area contributed by atoms with Crippen LogP contribution in [0.2, 0.25) is 0 Å². The number of nitriles is 1. The van der Waals surface area contributed by atoms with Crippen LogP contribution in [-0.4, -0.2) is 47.4 Å².